The molecular weight excluding hydrogens is 262 g/mol. The predicted octanol–water partition coefficient (Wildman–Crippen LogP) is 3.59. The highest BCUT2D eigenvalue weighted by Crippen LogP contribution is 2.21. The molecule has 0 amide bonds. The Hall–Kier alpha value is -2.17. The normalized spacial score (nSPS) is 11.2. The predicted molar refractivity (Wildman–Crippen MR) is 85.5 cm³/mol. The van der Waals surface area contributed by atoms with Gasteiger partial charge in [-0.2, -0.15) is 0 Å². The SMILES string of the molecule is CCCCn1cc[n+](C)c1N=Nc1cccc(N(C)C)c1. The number of aromatic nitrogens is 2. The molecule has 0 spiro atoms. The van der Waals surface area contributed by atoms with E-state index in [1.807, 2.05) is 50.1 Å². The van der Waals surface area contributed by atoms with Crippen LogP contribution in [-0.2, 0) is 13.6 Å². The number of benzene rings is 1. The van der Waals surface area contributed by atoms with E-state index in [1.165, 1.54) is 6.42 Å². The highest BCUT2D eigenvalue weighted by atomic mass is 15.3. The smallest absolute Gasteiger partial charge is 0.378 e. The van der Waals surface area contributed by atoms with Crippen LogP contribution < -0.4 is 9.47 Å². The fraction of sp³-hybridized carbons (Fsp3) is 0.438. The standard InChI is InChI=1S/C16H24N5/c1-5-6-10-21-12-11-20(4)16(21)18-17-14-8-7-9-15(13-14)19(2)3/h7-9,11-13H,5-6,10H2,1-4H3/q+1. The van der Waals surface area contributed by atoms with Crippen LogP contribution in [0.2, 0.25) is 0 Å². The van der Waals surface area contributed by atoms with E-state index in [0.717, 1.165) is 30.3 Å². The minimum absolute atomic E-state index is 0.865. The maximum atomic E-state index is 4.42. The summed E-state index contributed by atoms with van der Waals surface area (Å²) >= 11 is 0. The Kier molecular flexibility index (Phi) is 5.09. The van der Waals surface area contributed by atoms with Crippen LogP contribution in [0, 0.1) is 0 Å². The summed E-state index contributed by atoms with van der Waals surface area (Å²) in [4.78, 5) is 2.06. The number of aryl methyl sites for hydroxylation is 2. The molecule has 0 saturated carbocycles. The second kappa shape index (κ2) is 7.02. The summed E-state index contributed by atoms with van der Waals surface area (Å²) in [6, 6.07) is 8.06. The lowest BCUT2D eigenvalue weighted by Crippen LogP contribution is -2.25. The first-order valence-corrected chi connectivity index (χ1v) is 7.35. The van der Waals surface area contributed by atoms with Crippen LogP contribution >= 0.6 is 0 Å². The monoisotopic (exact) mass is 286 g/mol. The Balaban J connectivity index is 2.21. The van der Waals surface area contributed by atoms with Gasteiger partial charge in [-0.15, -0.1) is 0 Å². The van der Waals surface area contributed by atoms with Crippen LogP contribution in [0.5, 0.6) is 0 Å². The zero-order chi connectivity index (χ0) is 15.2. The molecule has 112 valence electrons. The number of rotatable bonds is 6. The lowest BCUT2D eigenvalue weighted by Gasteiger charge is -2.11. The van der Waals surface area contributed by atoms with Gasteiger partial charge >= 0.3 is 5.95 Å². The van der Waals surface area contributed by atoms with Crippen molar-refractivity contribution in [2.75, 3.05) is 19.0 Å². The Bertz CT molecular complexity index is 613. The summed E-state index contributed by atoms with van der Waals surface area (Å²) in [7, 11) is 6.03. The quantitative estimate of drug-likeness (QED) is 0.590. The van der Waals surface area contributed by atoms with Gasteiger partial charge in [-0.1, -0.05) is 24.5 Å². The fourth-order valence-electron chi connectivity index (χ4n) is 2.08. The van der Waals surface area contributed by atoms with Crippen LogP contribution in [-0.4, -0.2) is 18.7 Å². The summed E-state index contributed by atoms with van der Waals surface area (Å²) in [6.07, 6.45) is 6.39. The van der Waals surface area contributed by atoms with E-state index >= 15 is 0 Å². The van der Waals surface area contributed by atoms with Crippen LogP contribution in [0.25, 0.3) is 0 Å². The zero-order valence-electron chi connectivity index (χ0n) is 13.3. The van der Waals surface area contributed by atoms with Crippen molar-refractivity contribution in [3.63, 3.8) is 0 Å². The van der Waals surface area contributed by atoms with Gasteiger partial charge in [0.05, 0.1) is 26.0 Å². The molecule has 0 aliphatic rings. The molecule has 0 N–H and O–H groups in total. The fourth-order valence-corrected chi connectivity index (χ4v) is 2.08. The number of azo groups is 1. The molecule has 0 radical (unpaired) electrons. The first-order chi connectivity index (χ1) is 10.1. The van der Waals surface area contributed by atoms with Gasteiger partial charge in [0.15, 0.2) is 0 Å². The molecule has 5 nitrogen and oxygen atoms in total. The van der Waals surface area contributed by atoms with Gasteiger partial charge in [0.2, 0.25) is 0 Å². The van der Waals surface area contributed by atoms with Crippen molar-refractivity contribution < 1.29 is 4.57 Å². The van der Waals surface area contributed by atoms with Gasteiger partial charge in [0.25, 0.3) is 0 Å². The summed E-state index contributed by atoms with van der Waals surface area (Å²) in [6.45, 7) is 3.17. The Labute approximate surface area is 126 Å². The maximum absolute atomic E-state index is 4.42. The first-order valence-electron chi connectivity index (χ1n) is 7.35. The third kappa shape index (κ3) is 3.90. The van der Waals surface area contributed by atoms with E-state index in [1.54, 1.807) is 0 Å². The molecule has 1 heterocycles. The van der Waals surface area contributed by atoms with Crippen LogP contribution in [0.4, 0.5) is 17.3 Å². The summed E-state index contributed by atoms with van der Waals surface area (Å²) in [5, 5.41) is 8.80. The number of anilines is 1. The van der Waals surface area contributed by atoms with Crippen LogP contribution in [0.15, 0.2) is 46.9 Å². The highest BCUT2D eigenvalue weighted by Gasteiger charge is 2.13. The van der Waals surface area contributed by atoms with Gasteiger partial charge in [0.1, 0.15) is 5.69 Å². The molecule has 21 heavy (non-hydrogen) atoms. The summed E-state index contributed by atoms with van der Waals surface area (Å²) < 4.78 is 4.14. The van der Waals surface area contributed by atoms with Crippen molar-refractivity contribution in [3.8, 4) is 0 Å². The Morgan fingerprint density at radius 1 is 1.24 bits per heavy atom. The lowest BCUT2D eigenvalue weighted by molar-refractivity contribution is -0.657. The molecule has 0 fully saturated rings. The van der Waals surface area contributed by atoms with Crippen molar-refractivity contribution in [1.29, 1.82) is 0 Å². The van der Waals surface area contributed by atoms with Gasteiger partial charge in [-0.25, -0.2) is 9.13 Å². The zero-order valence-corrected chi connectivity index (χ0v) is 13.3. The van der Waals surface area contributed by atoms with Crippen molar-refractivity contribution in [1.82, 2.24) is 4.57 Å². The van der Waals surface area contributed by atoms with Crippen LogP contribution in [0.1, 0.15) is 19.8 Å². The molecule has 2 rings (SSSR count). The molecule has 1 aromatic carbocycles. The van der Waals surface area contributed by atoms with E-state index in [2.05, 4.69) is 38.9 Å². The topological polar surface area (TPSA) is 36.8 Å². The van der Waals surface area contributed by atoms with Gasteiger partial charge < -0.3 is 4.90 Å². The molecule has 1 aromatic heterocycles. The van der Waals surface area contributed by atoms with E-state index in [0.29, 0.717) is 0 Å². The van der Waals surface area contributed by atoms with Crippen molar-refractivity contribution >= 4 is 17.3 Å². The molecule has 0 bridgehead atoms. The minimum Gasteiger partial charge on any atom is -0.378 e. The van der Waals surface area contributed by atoms with Crippen molar-refractivity contribution in [2.24, 2.45) is 17.3 Å². The Morgan fingerprint density at radius 3 is 2.76 bits per heavy atom. The summed E-state index contributed by atoms with van der Waals surface area (Å²) in [5.74, 6) is 0.874. The molecular formula is C16H24N5+. The van der Waals surface area contributed by atoms with E-state index in [9.17, 15) is 0 Å². The lowest BCUT2D eigenvalue weighted by atomic mass is 10.3. The molecule has 0 atom stereocenters. The molecule has 0 aliphatic heterocycles. The third-order valence-electron chi connectivity index (χ3n) is 3.40. The molecule has 2 aromatic rings. The first kappa shape index (κ1) is 15.2. The second-order valence-electron chi connectivity index (χ2n) is 5.37. The number of imidazole rings is 1. The maximum Gasteiger partial charge on any atom is 0.421 e. The van der Waals surface area contributed by atoms with Crippen molar-refractivity contribution in [3.05, 3.63) is 36.7 Å². The molecule has 0 aliphatic carbocycles. The van der Waals surface area contributed by atoms with E-state index in [4.69, 9.17) is 0 Å². The molecule has 0 saturated heterocycles. The number of hydrogen-bond donors (Lipinski definition) is 0. The Morgan fingerprint density at radius 2 is 2.05 bits per heavy atom. The third-order valence-corrected chi connectivity index (χ3v) is 3.40. The average Bonchev–Trinajstić information content (AvgIpc) is 2.83. The largest absolute Gasteiger partial charge is 0.421 e. The molecule has 0 unspecified atom stereocenters. The van der Waals surface area contributed by atoms with E-state index < -0.39 is 0 Å². The summed E-state index contributed by atoms with van der Waals surface area (Å²) in [5.41, 5.74) is 1.99. The van der Waals surface area contributed by atoms with E-state index in [-0.39, 0.29) is 0 Å². The second-order valence-corrected chi connectivity index (χ2v) is 5.37. The average molecular weight is 286 g/mol. The number of nitrogens with zero attached hydrogens (tertiary/aromatic N) is 5. The highest BCUT2D eigenvalue weighted by molar-refractivity contribution is 5.54. The minimum atomic E-state index is 0.865. The van der Waals surface area contributed by atoms with Gasteiger partial charge in [-0.05, 0) is 24.6 Å². The van der Waals surface area contributed by atoms with Gasteiger partial charge in [0, 0.05) is 24.9 Å². The van der Waals surface area contributed by atoms with Gasteiger partial charge in [-0.3, -0.25) is 0 Å². The molecule has 5 heteroatoms. The number of hydrogen-bond acceptors (Lipinski definition) is 3. The van der Waals surface area contributed by atoms with Crippen LogP contribution in [0.3, 0.4) is 0 Å². The van der Waals surface area contributed by atoms with Crippen molar-refractivity contribution in [2.45, 2.75) is 26.3 Å². The number of unbranched alkanes of at least 4 members (excludes halogenated alkanes) is 1.